The van der Waals surface area contributed by atoms with Crippen LogP contribution in [0, 0.1) is 0 Å². The first kappa shape index (κ1) is 9.77. The van der Waals surface area contributed by atoms with Gasteiger partial charge in [0.1, 0.15) is 0 Å². The zero-order valence-corrected chi connectivity index (χ0v) is 7.40. The number of rotatable bonds is 2. The Morgan fingerprint density at radius 2 is 1.69 bits per heavy atom. The molecule has 72 valence electrons. The van der Waals surface area contributed by atoms with E-state index in [2.05, 4.69) is 0 Å². The fourth-order valence-corrected chi connectivity index (χ4v) is 1.36. The maximum Gasteiger partial charge on any atom is 0.328 e. The first-order valence-corrected chi connectivity index (χ1v) is 4.40. The Morgan fingerprint density at radius 3 is 2.23 bits per heavy atom. The highest BCUT2D eigenvalue weighted by Crippen LogP contribution is 2.08. The smallest absolute Gasteiger partial charge is 0.328 e. The number of carboxylic acids is 1. The summed E-state index contributed by atoms with van der Waals surface area (Å²) in [5.41, 5.74) is 0. The molecule has 4 heteroatoms. The summed E-state index contributed by atoms with van der Waals surface area (Å²) in [6.45, 7) is 1.51. The average molecular weight is 183 g/mol. The van der Waals surface area contributed by atoms with Crippen molar-refractivity contribution in [3.05, 3.63) is 12.2 Å². The van der Waals surface area contributed by atoms with E-state index in [-0.39, 0.29) is 5.91 Å². The number of carbonyl (C=O) groups is 2. The van der Waals surface area contributed by atoms with Crippen LogP contribution in [0.3, 0.4) is 0 Å². The van der Waals surface area contributed by atoms with Gasteiger partial charge in [-0.3, -0.25) is 4.79 Å². The van der Waals surface area contributed by atoms with Gasteiger partial charge < -0.3 is 10.0 Å². The van der Waals surface area contributed by atoms with E-state index in [0.29, 0.717) is 0 Å². The number of amides is 1. The quantitative estimate of drug-likeness (QED) is 0.639. The molecule has 1 aliphatic heterocycles. The summed E-state index contributed by atoms with van der Waals surface area (Å²) < 4.78 is 0. The summed E-state index contributed by atoms with van der Waals surface area (Å²) in [7, 11) is 0. The van der Waals surface area contributed by atoms with Gasteiger partial charge in [-0.2, -0.15) is 0 Å². The Labute approximate surface area is 76.8 Å². The third-order valence-corrected chi connectivity index (χ3v) is 2.04. The molecule has 0 aromatic rings. The molecule has 0 unspecified atom stereocenters. The van der Waals surface area contributed by atoms with Crippen molar-refractivity contribution in [1.82, 2.24) is 4.90 Å². The van der Waals surface area contributed by atoms with Crippen molar-refractivity contribution in [3.8, 4) is 0 Å². The van der Waals surface area contributed by atoms with Gasteiger partial charge in [0.2, 0.25) is 5.91 Å². The standard InChI is InChI=1S/C9H13NO3/c11-8(4-5-9(12)13)10-6-2-1-3-7-10/h4-5H,1-3,6-7H2,(H,12,13)/b5-4+. The average Bonchev–Trinajstić information content (AvgIpc) is 2.15. The molecule has 1 heterocycles. The Bertz CT molecular complexity index is 229. The molecule has 1 N–H and O–H groups in total. The lowest BCUT2D eigenvalue weighted by Gasteiger charge is -2.25. The van der Waals surface area contributed by atoms with Crippen molar-refractivity contribution < 1.29 is 14.7 Å². The molecule has 1 fully saturated rings. The molecule has 1 aliphatic rings. The Hall–Kier alpha value is -1.32. The number of likely N-dealkylation sites (tertiary alicyclic amines) is 1. The molecule has 0 aliphatic carbocycles. The van der Waals surface area contributed by atoms with Crippen LogP contribution in [0.4, 0.5) is 0 Å². The third-order valence-electron chi connectivity index (χ3n) is 2.04. The summed E-state index contributed by atoms with van der Waals surface area (Å²) in [5, 5.41) is 8.30. The van der Waals surface area contributed by atoms with Gasteiger partial charge in [0.05, 0.1) is 0 Å². The highest BCUT2D eigenvalue weighted by atomic mass is 16.4. The van der Waals surface area contributed by atoms with Gasteiger partial charge in [0.25, 0.3) is 0 Å². The first-order valence-electron chi connectivity index (χ1n) is 4.40. The maximum absolute atomic E-state index is 11.3. The van der Waals surface area contributed by atoms with E-state index in [1.807, 2.05) is 0 Å². The second kappa shape index (κ2) is 4.64. The number of carbonyl (C=O) groups excluding carboxylic acids is 1. The minimum atomic E-state index is -1.08. The summed E-state index contributed by atoms with van der Waals surface area (Å²) in [4.78, 5) is 23.1. The molecule has 4 nitrogen and oxygen atoms in total. The molecule has 1 amide bonds. The van der Waals surface area contributed by atoms with E-state index in [4.69, 9.17) is 5.11 Å². The Kier molecular flexibility index (Phi) is 3.49. The predicted octanol–water partition coefficient (Wildman–Crippen LogP) is 0.640. The first-order chi connectivity index (χ1) is 6.20. The lowest BCUT2D eigenvalue weighted by molar-refractivity contribution is -0.132. The minimum absolute atomic E-state index is 0.192. The van der Waals surface area contributed by atoms with Crippen LogP contribution in [0.5, 0.6) is 0 Å². The lowest BCUT2D eigenvalue weighted by atomic mass is 10.1. The fourth-order valence-electron chi connectivity index (χ4n) is 1.36. The summed E-state index contributed by atoms with van der Waals surface area (Å²) in [5.74, 6) is -1.27. The highest BCUT2D eigenvalue weighted by Gasteiger charge is 2.13. The Balaban J connectivity index is 2.41. The van der Waals surface area contributed by atoms with Crippen molar-refractivity contribution in [3.63, 3.8) is 0 Å². The Morgan fingerprint density at radius 1 is 1.08 bits per heavy atom. The number of hydrogen-bond acceptors (Lipinski definition) is 2. The van der Waals surface area contributed by atoms with E-state index in [1.54, 1.807) is 4.90 Å². The van der Waals surface area contributed by atoms with Crippen LogP contribution >= 0.6 is 0 Å². The van der Waals surface area contributed by atoms with Gasteiger partial charge in [-0.15, -0.1) is 0 Å². The predicted molar refractivity (Wildman–Crippen MR) is 47.2 cm³/mol. The molecule has 0 aromatic heterocycles. The zero-order valence-electron chi connectivity index (χ0n) is 7.40. The molecular formula is C9H13NO3. The van der Waals surface area contributed by atoms with Crippen molar-refractivity contribution in [2.75, 3.05) is 13.1 Å². The van der Waals surface area contributed by atoms with E-state index in [0.717, 1.165) is 44.5 Å². The van der Waals surface area contributed by atoms with Crippen molar-refractivity contribution >= 4 is 11.9 Å². The van der Waals surface area contributed by atoms with Gasteiger partial charge in [-0.25, -0.2) is 4.79 Å². The van der Waals surface area contributed by atoms with Crippen LogP contribution in [0.15, 0.2) is 12.2 Å². The SMILES string of the molecule is O=C(O)/C=C/C(=O)N1CCCCC1. The van der Waals surface area contributed by atoms with Crippen LogP contribution in [-0.2, 0) is 9.59 Å². The van der Waals surface area contributed by atoms with E-state index < -0.39 is 5.97 Å². The summed E-state index contributed by atoms with van der Waals surface area (Å²) >= 11 is 0. The van der Waals surface area contributed by atoms with Crippen LogP contribution in [0.25, 0.3) is 0 Å². The van der Waals surface area contributed by atoms with Gasteiger partial charge in [-0.05, 0) is 19.3 Å². The summed E-state index contributed by atoms with van der Waals surface area (Å²) in [6, 6.07) is 0. The van der Waals surface area contributed by atoms with Crippen LogP contribution in [0.2, 0.25) is 0 Å². The second-order valence-electron chi connectivity index (χ2n) is 3.06. The van der Waals surface area contributed by atoms with E-state index in [1.165, 1.54) is 0 Å². The molecule has 0 radical (unpaired) electrons. The lowest BCUT2D eigenvalue weighted by Crippen LogP contribution is -2.34. The maximum atomic E-state index is 11.3. The largest absolute Gasteiger partial charge is 0.478 e. The molecule has 0 atom stereocenters. The van der Waals surface area contributed by atoms with Gasteiger partial charge in [0.15, 0.2) is 0 Å². The van der Waals surface area contributed by atoms with Crippen LogP contribution in [0.1, 0.15) is 19.3 Å². The summed E-state index contributed by atoms with van der Waals surface area (Å²) in [6.07, 6.45) is 5.20. The molecule has 1 rings (SSSR count). The molecule has 0 saturated carbocycles. The zero-order chi connectivity index (χ0) is 9.68. The number of piperidine rings is 1. The molecular weight excluding hydrogens is 170 g/mol. The second-order valence-corrected chi connectivity index (χ2v) is 3.06. The van der Waals surface area contributed by atoms with E-state index in [9.17, 15) is 9.59 Å². The molecule has 0 aromatic carbocycles. The van der Waals surface area contributed by atoms with Crippen molar-refractivity contribution in [1.29, 1.82) is 0 Å². The van der Waals surface area contributed by atoms with Crippen molar-refractivity contribution in [2.24, 2.45) is 0 Å². The van der Waals surface area contributed by atoms with Crippen LogP contribution in [-0.4, -0.2) is 35.0 Å². The molecule has 1 saturated heterocycles. The number of aliphatic carboxylic acids is 1. The normalized spacial score (nSPS) is 17.7. The minimum Gasteiger partial charge on any atom is -0.478 e. The highest BCUT2D eigenvalue weighted by molar-refractivity contribution is 5.93. The number of carboxylic acid groups (broad SMARTS) is 1. The molecule has 13 heavy (non-hydrogen) atoms. The topological polar surface area (TPSA) is 57.6 Å². The molecule has 0 spiro atoms. The van der Waals surface area contributed by atoms with Gasteiger partial charge >= 0.3 is 5.97 Å². The van der Waals surface area contributed by atoms with Gasteiger partial charge in [0, 0.05) is 25.2 Å². The van der Waals surface area contributed by atoms with Gasteiger partial charge in [-0.1, -0.05) is 0 Å². The fraction of sp³-hybridized carbons (Fsp3) is 0.556. The van der Waals surface area contributed by atoms with Crippen molar-refractivity contribution in [2.45, 2.75) is 19.3 Å². The number of hydrogen-bond donors (Lipinski definition) is 1. The van der Waals surface area contributed by atoms with E-state index >= 15 is 0 Å². The monoisotopic (exact) mass is 183 g/mol. The molecule has 0 bridgehead atoms. The number of nitrogens with zero attached hydrogens (tertiary/aromatic N) is 1. The third kappa shape index (κ3) is 3.27. The van der Waals surface area contributed by atoms with Crippen LogP contribution < -0.4 is 0 Å².